The van der Waals surface area contributed by atoms with Gasteiger partial charge in [-0.05, 0) is 67.7 Å². The Morgan fingerprint density at radius 2 is 1.73 bits per heavy atom. The number of benzene rings is 1. The summed E-state index contributed by atoms with van der Waals surface area (Å²) in [6.07, 6.45) is 14.3. The lowest BCUT2D eigenvalue weighted by molar-refractivity contribution is -0.673. The van der Waals surface area contributed by atoms with Gasteiger partial charge < -0.3 is 10.0 Å². The van der Waals surface area contributed by atoms with Crippen molar-refractivity contribution in [2.45, 2.75) is 62.2 Å². The van der Waals surface area contributed by atoms with Gasteiger partial charge in [0.25, 0.3) is 20.2 Å². The summed E-state index contributed by atoms with van der Waals surface area (Å²) in [4.78, 5) is 12.9. The molecular formula is C32H39N2O8S2+. The third-order valence-electron chi connectivity index (χ3n) is 8.53. The predicted molar refractivity (Wildman–Crippen MR) is 168 cm³/mol. The Bertz CT molecular complexity index is 1800. The second kappa shape index (κ2) is 12.4. The lowest BCUT2D eigenvalue weighted by atomic mass is 9.77. The molecule has 1 aliphatic heterocycles. The van der Waals surface area contributed by atoms with Crippen LogP contribution in [0.3, 0.4) is 0 Å². The van der Waals surface area contributed by atoms with E-state index in [4.69, 9.17) is 0 Å². The van der Waals surface area contributed by atoms with Crippen LogP contribution in [0.1, 0.15) is 63.3 Å². The molecule has 4 rings (SSSR count). The van der Waals surface area contributed by atoms with Crippen LogP contribution >= 0.6 is 0 Å². The summed E-state index contributed by atoms with van der Waals surface area (Å²) in [5.41, 5.74) is 4.39. The summed E-state index contributed by atoms with van der Waals surface area (Å²) >= 11 is 0. The van der Waals surface area contributed by atoms with E-state index in [1.807, 2.05) is 61.5 Å². The number of carboxylic acid groups (broad SMARTS) is 1. The summed E-state index contributed by atoms with van der Waals surface area (Å²) in [7, 11) is -6.71. The average Bonchev–Trinajstić information content (AvgIpc) is 3.30. The third-order valence-corrected chi connectivity index (χ3v) is 10.2. The van der Waals surface area contributed by atoms with Gasteiger partial charge in [0, 0.05) is 52.9 Å². The van der Waals surface area contributed by atoms with Gasteiger partial charge in [-0.2, -0.15) is 16.8 Å². The van der Waals surface area contributed by atoms with Crippen LogP contribution in [0, 0.1) is 0 Å². The molecule has 12 heteroatoms. The van der Waals surface area contributed by atoms with E-state index in [2.05, 4.69) is 30.6 Å². The number of rotatable bonds is 12. The smallest absolute Gasteiger partial charge is 0.303 e. The Balaban J connectivity index is 1.72. The molecule has 0 spiro atoms. The maximum Gasteiger partial charge on any atom is 0.303 e. The minimum atomic E-state index is -4.52. The molecule has 1 aliphatic carbocycles. The zero-order valence-electron chi connectivity index (χ0n) is 25.3. The van der Waals surface area contributed by atoms with E-state index < -0.39 is 37.4 Å². The number of carbonyl (C=O) groups is 1. The number of carboxylic acids is 1. The van der Waals surface area contributed by atoms with Gasteiger partial charge in [-0.15, -0.1) is 0 Å². The standard InChI is InChI=1S/C32H38N2O8S2/c1-31(2)23(21-28-25(31)12-9-18-33(28)4)11-6-5-7-13-29-32(3,17-8-14-30(35)36)26-22-24(44(40,41)42)15-16-27(26)34(29)19-10-20-43(37,38)39/h5-7,9,11-13,15-16,18,21-22H,8,10,14,17,19-20H2,1-4H3,(H2-,35,36,37,38,39,40,41,42)/p+1. The summed E-state index contributed by atoms with van der Waals surface area (Å²) in [5, 5.41) is 9.28. The number of anilines is 1. The van der Waals surface area contributed by atoms with E-state index >= 15 is 0 Å². The summed E-state index contributed by atoms with van der Waals surface area (Å²) in [6, 6.07) is 8.37. The van der Waals surface area contributed by atoms with Crippen molar-refractivity contribution in [3.8, 4) is 0 Å². The van der Waals surface area contributed by atoms with Gasteiger partial charge in [-0.25, -0.2) is 4.57 Å². The number of aromatic nitrogens is 1. The zero-order valence-corrected chi connectivity index (χ0v) is 26.9. The number of fused-ring (bicyclic) bond motifs is 2. The monoisotopic (exact) mass is 643 g/mol. The minimum Gasteiger partial charge on any atom is -0.481 e. The fraction of sp³-hybridized carbons (Fsp3) is 0.375. The van der Waals surface area contributed by atoms with E-state index in [0.717, 1.165) is 11.3 Å². The summed E-state index contributed by atoms with van der Waals surface area (Å²) in [5.74, 6) is -1.42. The van der Waals surface area contributed by atoms with Crippen LogP contribution < -0.4 is 9.47 Å². The second-order valence-electron chi connectivity index (χ2n) is 12.0. The van der Waals surface area contributed by atoms with Crippen molar-refractivity contribution in [1.29, 1.82) is 0 Å². The van der Waals surface area contributed by atoms with Crippen molar-refractivity contribution < 1.29 is 40.4 Å². The molecule has 0 saturated carbocycles. The molecule has 3 N–H and O–H groups in total. The van der Waals surface area contributed by atoms with Gasteiger partial charge in [-0.1, -0.05) is 38.2 Å². The molecule has 2 aromatic rings. The molecule has 236 valence electrons. The first-order valence-electron chi connectivity index (χ1n) is 14.3. The average molecular weight is 644 g/mol. The van der Waals surface area contributed by atoms with E-state index in [-0.39, 0.29) is 29.7 Å². The molecule has 44 heavy (non-hydrogen) atoms. The van der Waals surface area contributed by atoms with Gasteiger partial charge in [0.2, 0.25) is 5.69 Å². The SMILES string of the molecule is C[n+]1cccc2c1C=C(/C=C/C=C/C=C1\N(CCCS(=O)(=O)O)c3ccc(S(=O)(=O)O)cc3C1(C)CCCC(=O)O)C2(C)C. The largest absolute Gasteiger partial charge is 0.481 e. The molecular weight excluding hydrogens is 604 g/mol. The predicted octanol–water partition coefficient (Wildman–Crippen LogP) is 4.74. The highest BCUT2D eigenvalue weighted by Gasteiger charge is 2.43. The van der Waals surface area contributed by atoms with Crippen molar-refractivity contribution in [1.82, 2.24) is 0 Å². The Hall–Kier alpha value is -3.58. The first kappa shape index (κ1) is 33.3. The Morgan fingerprint density at radius 1 is 1.00 bits per heavy atom. The van der Waals surface area contributed by atoms with E-state index in [1.165, 1.54) is 17.7 Å². The zero-order chi connectivity index (χ0) is 32.5. The molecule has 1 aromatic carbocycles. The number of hydrogen-bond donors (Lipinski definition) is 3. The molecule has 0 radical (unpaired) electrons. The van der Waals surface area contributed by atoms with Gasteiger partial charge in [-0.3, -0.25) is 13.9 Å². The van der Waals surface area contributed by atoms with E-state index in [1.54, 1.807) is 6.07 Å². The molecule has 1 aromatic heterocycles. The van der Waals surface area contributed by atoms with Crippen LogP contribution in [-0.4, -0.2) is 49.3 Å². The molecule has 1 unspecified atom stereocenters. The van der Waals surface area contributed by atoms with Gasteiger partial charge in [0.15, 0.2) is 6.20 Å². The van der Waals surface area contributed by atoms with Crippen LogP contribution in [-0.2, 0) is 42.9 Å². The number of nitrogens with zero attached hydrogens (tertiary/aromatic N) is 2. The lowest BCUT2D eigenvalue weighted by Crippen LogP contribution is -2.32. The van der Waals surface area contributed by atoms with Gasteiger partial charge >= 0.3 is 5.97 Å². The highest BCUT2D eigenvalue weighted by atomic mass is 32.2. The van der Waals surface area contributed by atoms with Crippen molar-refractivity contribution in [3.05, 3.63) is 95.0 Å². The lowest BCUT2D eigenvalue weighted by Gasteiger charge is -2.30. The van der Waals surface area contributed by atoms with E-state index in [9.17, 15) is 35.8 Å². The van der Waals surface area contributed by atoms with Crippen LogP contribution in [0.5, 0.6) is 0 Å². The van der Waals surface area contributed by atoms with Crippen LogP contribution in [0.25, 0.3) is 6.08 Å². The minimum absolute atomic E-state index is 0.0890. The molecule has 0 bridgehead atoms. The van der Waals surface area contributed by atoms with Gasteiger partial charge in [0.1, 0.15) is 7.05 Å². The van der Waals surface area contributed by atoms with Crippen molar-refractivity contribution in [2.75, 3.05) is 17.2 Å². The number of hydrogen-bond acceptors (Lipinski definition) is 6. The fourth-order valence-electron chi connectivity index (χ4n) is 6.14. The molecule has 10 nitrogen and oxygen atoms in total. The van der Waals surface area contributed by atoms with Crippen molar-refractivity contribution >= 4 is 38.0 Å². The number of aliphatic carboxylic acids is 1. The van der Waals surface area contributed by atoms with Gasteiger partial charge in [0.05, 0.1) is 10.6 Å². The summed E-state index contributed by atoms with van der Waals surface area (Å²) in [6.45, 7) is 6.41. The Morgan fingerprint density at radius 3 is 2.36 bits per heavy atom. The molecule has 2 heterocycles. The highest BCUT2D eigenvalue weighted by Crippen LogP contribution is 2.51. The number of pyridine rings is 1. The number of allylic oxidation sites excluding steroid dienone is 7. The Labute approximate surface area is 259 Å². The molecule has 2 aliphatic rings. The Kier molecular flexibility index (Phi) is 9.41. The molecule has 0 saturated heterocycles. The molecule has 1 atom stereocenters. The number of aryl methyl sites for hydroxylation is 1. The second-order valence-corrected chi connectivity index (χ2v) is 15.0. The topological polar surface area (TPSA) is 153 Å². The summed E-state index contributed by atoms with van der Waals surface area (Å²) < 4.78 is 68.1. The van der Waals surface area contributed by atoms with Crippen molar-refractivity contribution in [2.24, 2.45) is 7.05 Å². The first-order chi connectivity index (χ1) is 20.4. The first-order valence-corrected chi connectivity index (χ1v) is 17.3. The highest BCUT2D eigenvalue weighted by molar-refractivity contribution is 7.86. The maximum absolute atomic E-state index is 12.0. The van der Waals surface area contributed by atoms with E-state index in [0.29, 0.717) is 29.8 Å². The van der Waals surface area contributed by atoms with Crippen LogP contribution in [0.2, 0.25) is 0 Å². The van der Waals surface area contributed by atoms with Crippen molar-refractivity contribution in [3.63, 3.8) is 0 Å². The quantitative estimate of drug-likeness (QED) is 0.169. The van der Waals surface area contributed by atoms with Crippen LogP contribution in [0.4, 0.5) is 5.69 Å². The van der Waals surface area contributed by atoms with Crippen LogP contribution in [0.15, 0.2) is 83.1 Å². The third kappa shape index (κ3) is 7.04. The fourth-order valence-corrected chi connectivity index (χ4v) is 7.14. The molecule has 0 amide bonds. The maximum atomic E-state index is 12.0. The molecule has 0 fully saturated rings. The normalized spacial score (nSPS) is 20.5.